The first-order valence-electron chi connectivity index (χ1n) is 6.57. The van der Waals surface area contributed by atoms with Crippen molar-refractivity contribution in [2.45, 2.75) is 30.7 Å². The molecule has 1 heterocycles. The maximum absolute atomic E-state index is 12.3. The molecule has 1 fully saturated rings. The van der Waals surface area contributed by atoms with E-state index in [1.807, 2.05) is 0 Å². The number of amides is 1. The third-order valence-corrected chi connectivity index (χ3v) is 5.56. The minimum Gasteiger partial charge on any atom is -0.341 e. The lowest BCUT2D eigenvalue weighted by Gasteiger charge is -2.21. The molecule has 1 aromatic rings. The van der Waals surface area contributed by atoms with Crippen molar-refractivity contribution in [1.82, 2.24) is 9.62 Å². The summed E-state index contributed by atoms with van der Waals surface area (Å²) in [5.41, 5.74) is 0. The van der Waals surface area contributed by atoms with Crippen molar-refractivity contribution < 1.29 is 13.2 Å². The van der Waals surface area contributed by atoms with Gasteiger partial charge in [-0.15, -0.1) is 0 Å². The van der Waals surface area contributed by atoms with E-state index in [-0.39, 0.29) is 20.8 Å². The number of halogens is 2. The maximum Gasteiger partial charge on any atom is 0.242 e. The van der Waals surface area contributed by atoms with Gasteiger partial charge in [0.1, 0.15) is 4.90 Å². The number of rotatable bonds is 4. The molecule has 0 spiro atoms. The quantitative estimate of drug-likeness (QED) is 0.905. The number of carbonyl (C=O) groups is 1. The zero-order valence-electron chi connectivity index (χ0n) is 11.5. The number of sulfonamides is 1. The lowest BCUT2D eigenvalue weighted by molar-refractivity contribution is -0.131. The molecule has 8 heteroatoms. The van der Waals surface area contributed by atoms with E-state index in [9.17, 15) is 13.2 Å². The fourth-order valence-electron chi connectivity index (χ4n) is 2.24. The number of likely N-dealkylation sites (tertiary alicyclic amines) is 1. The Bertz CT molecular complexity index is 643. The normalized spacial score (nSPS) is 17.0. The largest absolute Gasteiger partial charge is 0.341 e. The Hall–Kier alpha value is -0.820. The van der Waals surface area contributed by atoms with E-state index >= 15 is 0 Å². The van der Waals surface area contributed by atoms with E-state index in [0.29, 0.717) is 13.1 Å². The first-order chi connectivity index (χ1) is 9.81. The van der Waals surface area contributed by atoms with Gasteiger partial charge in [0.2, 0.25) is 15.9 Å². The third-order valence-electron chi connectivity index (χ3n) is 3.30. The molecule has 0 aliphatic carbocycles. The van der Waals surface area contributed by atoms with Gasteiger partial charge in [0.15, 0.2) is 0 Å². The van der Waals surface area contributed by atoms with Gasteiger partial charge in [-0.25, -0.2) is 8.42 Å². The van der Waals surface area contributed by atoms with Crippen molar-refractivity contribution in [3.8, 4) is 0 Å². The van der Waals surface area contributed by atoms with Crippen molar-refractivity contribution in [3.05, 3.63) is 28.2 Å². The molecule has 116 valence electrons. The number of nitrogens with one attached hydrogen (secondary N) is 1. The van der Waals surface area contributed by atoms with E-state index in [1.54, 1.807) is 4.90 Å². The van der Waals surface area contributed by atoms with Crippen LogP contribution in [-0.2, 0) is 14.8 Å². The summed E-state index contributed by atoms with van der Waals surface area (Å²) >= 11 is 11.7. The van der Waals surface area contributed by atoms with Crippen LogP contribution >= 0.6 is 23.2 Å². The molecule has 0 unspecified atom stereocenters. The highest BCUT2D eigenvalue weighted by Gasteiger charge is 2.28. The summed E-state index contributed by atoms with van der Waals surface area (Å²) in [6.07, 6.45) is 1.90. The SMILES string of the molecule is C[C@H](NS(=O)(=O)c1cc(Cl)ccc1Cl)C(=O)N1CCCC1. The van der Waals surface area contributed by atoms with E-state index in [0.717, 1.165) is 12.8 Å². The van der Waals surface area contributed by atoms with E-state index in [2.05, 4.69) is 4.72 Å². The van der Waals surface area contributed by atoms with Crippen LogP contribution < -0.4 is 4.72 Å². The highest BCUT2D eigenvalue weighted by atomic mass is 35.5. The summed E-state index contributed by atoms with van der Waals surface area (Å²) in [4.78, 5) is 13.7. The Morgan fingerprint density at radius 3 is 2.52 bits per heavy atom. The molecule has 0 radical (unpaired) electrons. The average Bonchev–Trinajstić information content (AvgIpc) is 2.94. The minimum absolute atomic E-state index is 0.0627. The highest BCUT2D eigenvalue weighted by molar-refractivity contribution is 7.89. The number of nitrogens with zero attached hydrogens (tertiary/aromatic N) is 1. The van der Waals surface area contributed by atoms with E-state index in [4.69, 9.17) is 23.2 Å². The lowest BCUT2D eigenvalue weighted by atomic mass is 10.3. The Morgan fingerprint density at radius 1 is 1.29 bits per heavy atom. The van der Waals surface area contributed by atoms with Crippen LogP contribution in [0.25, 0.3) is 0 Å². The predicted octanol–water partition coefficient (Wildman–Crippen LogP) is 2.28. The molecule has 1 saturated heterocycles. The molecular weight excluding hydrogens is 335 g/mol. The van der Waals surface area contributed by atoms with E-state index in [1.165, 1.54) is 25.1 Å². The maximum atomic E-state index is 12.3. The Balaban J connectivity index is 2.16. The van der Waals surface area contributed by atoms with Gasteiger partial charge in [-0.1, -0.05) is 23.2 Å². The van der Waals surface area contributed by atoms with E-state index < -0.39 is 16.1 Å². The van der Waals surface area contributed by atoms with Crippen LogP contribution in [-0.4, -0.2) is 38.4 Å². The van der Waals surface area contributed by atoms with Crippen LogP contribution in [0, 0.1) is 0 Å². The molecule has 1 aliphatic rings. The zero-order chi connectivity index (χ0) is 15.6. The summed E-state index contributed by atoms with van der Waals surface area (Å²) in [5.74, 6) is -0.228. The molecule has 5 nitrogen and oxygen atoms in total. The molecule has 1 N–H and O–H groups in total. The molecule has 21 heavy (non-hydrogen) atoms. The summed E-state index contributed by atoms with van der Waals surface area (Å²) in [7, 11) is -3.90. The number of carbonyl (C=O) groups excluding carboxylic acids is 1. The van der Waals surface area contributed by atoms with Gasteiger partial charge in [0, 0.05) is 18.1 Å². The number of hydrogen-bond donors (Lipinski definition) is 1. The summed E-state index contributed by atoms with van der Waals surface area (Å²) < 4.78 is 27.0. The van der Waals surface area contributed by atoms with Gasteiger partial charge >= 0.3 is 0 Å². The Morgan fingerprint density at radius 2 is 1.90 bits per heavy atom. The second-order valence-electron chi connectivity index (χ2n) is 4.95. The number of benzene rings is 1. The Labute approximate surface area is 134 Å². The van der Waals surface area contributed by atoms with Crippen molar-refractivity contribution in [1.29, 1.82) is 0 Å². The van der Waals surface area contributed by atoms with Crippen molar-refractivity contribution in [2.75, 3.05) is 13.1 Å². The van der Waals surface area contributed by atoms with Crippen molar-refractivity contribution in [3.63, 3.8) is 0 Å². The van der Waals surface area contributed by atoms with Gasteiger partial charge in [-0.2, -0.15) is 4.72 Å². The zero-order valence-corrected chi connectivity index (χ0v) is 13.8. The van der Waals surface area contributed by atoms with Gasteiger partial charge in [-0.05, 0) is 38.0 Å². The van der Waals surface area contributed by atoms with Gasteiger partial charge < -0.3 is 4.90 Å². The van der Waals surface area contributed by atoms with Crippen LogP contribution in [0.15, 0.2) is 23.1 Å². The minimum atomic E-state index is -3.90. The molecule has 2 rings (SSSR count). The molecule has 1 amide bonds. The first-order valence-corrected chi connectivity index (χ1v) is 8.81. The van der Waals surface area contributed by atoms with Crippen LogP contribution in [0.2, 0.25) is 10.0 Å². The molecule has 1 aliphatic heterocycles. The molecule has 0 saturated carbocycles. The smallest absolute Gasteiger partial charge is 0.242 e. The van der Waals surface area contributed by atoms with Crippen LogP contribution in [0.5, 0.6) is 0 Å². The molecule has 0 aromatic heterocycles. The Kier molecular flexibility index (Phi) is 5.14. The summed E-state index contributed by atoms with van der Waals surface area (Å²) in [5, 5.41) is 0.325. The topological polar surface area (TPSA) is 66.5 Å². The fourth-order valence-corrected chi connectivity index (χ4v) is 4.20. The van der Waals surface area contributed by atoms with Gasteiger partial charge in [-0.3, -0.25) is 4.79 Å². The summed E-state index contributed by atoms with van der Waals surface area (Å²) in [6, 6.07) is 3.33. The van der Waals surface area contributed by atoms with Gasteiger partial charge in [0.25, 0.3) is 0 Å². The lowest BCUT2D eigenvalue weighted by Crippen LogP contribution is -2.45. The second-order valence-corrected chi connectivity index (χ2v) is 7.48. The monoisotopic (exact) mass is 350 g/mol. The second kappa shape index (κ2) is 6.52. The van der Waals surface area contributed by atoms with Crippen LogP contribution in [0.4, 0.5) is 0 Å². The predicted molar refractivity (Wildman–Crippen MR) is 82.1 cm³/mol. The standard InChI is InChI=1S/C13H16Cl2N2O3S/c1-9(13(18)17-6-2-3-7-17)16-21(19,20)12-8-10(14)4-5-11(12)15/h4-5,8-9,16H,2-3,6-7H2,1H3/t9-/m0/s1. The third kappa shape index (κ3) is 3.88. The molecule has 0 bridgehead atoms. The first kappa shape index (κ1) is 16.5. The van der Waals surface area contributed by atoms with Crippen LogP contribution in [0.1, 0.15) is 19.8 Å². The molecular formula is C13H16Cl2N2O3S. The molecule has 1 aromatic carbocycles. The van der Waals surface area contributed by atoms with Gasteiger partial charge in [0.05, 0.1) is 11.1 Å². The average molecular weight is 351 g/mol. The summed E-state index contributed by atoms with van der Waals surface area (Å²) in [6.45, 7) is 2.86. The fraction of sp³-hybridized carbons (Fsp3) is 0.462. The van der Waals surface area contributed by atoms with Crippen LogP contribution in [0.3, 0.4) is 0 Å². The van der Waals surface area contributed by atoms with Crippen molar-refractivity contribution in [2.24, 2.45) is 0 Å². The van der Waals surface area contributed by atoms with Crippen molar-refractivity contribution >= 4 is 39.1 Å². The highest BCUT2D eigenvalue weighted by Crippen LogP contribution is 2.25. The molecule has 1 atom stereocenters. The number of hydrogen-bond acceptors (Lipinski definition) is 3.